The zero-order valence-electron chi connectivity index (χ0n) is 13.8. The van der Waals surface area contributed by atoms with Crippen LogP contribution in [-0.4, -0.2) is 34.8 Å². The minimum absolute atomic E-state index is 0.00555. The predicted octanol–water partition coefficient (Wildman–Crippen LogP) is 2.57. The van der Waals surface area contributed by atoms with Crippen LogP contribution in [0.2, 0.25) is 0 Å². The fourth-order valence-electron chi connectivity index (χ4n) is 2.66. The van der Waals surface area contributed by atoms with Crippen LogP contribution in [0.4, 0.5) is 0 Å². The Morgan fingerprint density at radius 1 is 1.20 bits per heavy atom. The van der Waals surface area contributed by atoms with Gasteiger partial charge in [0.2, 0.25) is 11.8 Å². The molecule has 1 heterocycles. The molecule has 1 N–H and O–H groups in total. The van der Waals surface area contributed by atoms with Crippen molar-refractivity contribution in [2.45, 2.75) is 72.4 Å². The van der Waals surface area contributed by atoms with Gasteiger partial charge in [-0.05, 0) is 38.0 Å². The summed E-state index contributed by atoms with van der Waals surface area (Å²) in [6.07, 6.45) is 2.29. The second kappa shape index (κ2) is 6.59. The van der Waals surface area contributed by atoms with Crippen LogP contribution in [-0.2, 0) is 9.59 Å². The average Bonchev–Trinajstić information content (AvgIpc) is 2.34. The molecular weight excluding hydrogens is 252 g/mol. The van der Waals surface area contributed by atoms with Gasteiger partial charge in [-0.25, -0.2) is 0 Å². The highest BCUT2D eigenvalue weighted by Crippen LogP contribution is 2.27. The number of piperazine rings is 1. The van der Waals surface area contributed by atoms with E-state index in [1.165, 1.54) is 0 Å². The van der Waals surface area contributed by atoms with E-state index in [4.69, 9.17) is 0 Å². The normalized spacial score (nSPS) is 27.4. The van der Waals surface area contributed by atoms with Gasteiger partial charge in [0.25, 0.3) is 0 Å². The van der Waals surface area contributed by atoms with Crippen molar-refractivity contribution in [3.8, 4) is 0 Å². The second-order valence-electron chi connectivity index (χ2n) is 6.96. The second-order valence-corrected chi connectivity index (χ2v) is 6.96. The Labute approximate surface area is 123 Å². The number of nitrogens with zero attached hydrogens (tertiary/aromatic N) is 1. The van der Waals surface area contributed by atoms with Crippen molar-refractivity contribution < 1.29 is 9.59 Å². The van der Waals surface area contributed by atoms with Gasteiger partial charge in [0, 0.05) is 6.54 Å². The summed E-state index contributed by atoms with van der Waals surface area (Å²) in [5.74, 6) is 0.997. The minimum atomic E-state index is -0.695. The molecule has 1 fully saturated rings. The number of hydrogen-bond acceptors (Lipinski definition) is 2. The maximum Gasteiger partial charge on any atom is 0.246 e. The van der Waals surface area contributed by atoms with Gasteiger partial charge in [0.1, 0.15) is 11.6 Å². The molecule has 2 amide bonds. The summed E-state index contributed by atoms with van der Waals surface area (Å²) >= 11 is 0. The van der Waals surface area contributed by atoms with Gasteiger partial charge in [-0.3, -0.25) is 9.59 Å². The van der Waals surface area contributed by atoms with E-state index < -0.39 is 5.54 Å². The molecule has 0 saturated carbocycles. The number of hydrogen-bond donors (Lipinski definition) is 1. The third-order valence-corrected chi connectivity index (χ3v) is 4.28. The Morgan fingerprint density at radius 3 is 2.25 bits per heavy atom. The molecule has 0 aromatic heterocycles. The molecule has 0 aromatic rings. The maximum absolute atomic E-state index is 12.7. The standard InChI is InChI=1S/C16H30N2O2/c1-7-16(6)15(20)17-13(10-12(4)5)14(19)18(16)9-8-11(2)3/h11-13H,7-10H2,1-6H3,(H,17,20). The summed E-state index contributed by atoms with van der Waals surface area (Å²) in [7, 11) is 0. The average molecular weight is 282 g/mol. The number of nitrogens with one attached hydrogen (secondary N) is 1. The fourth-order valence-corrected chi connectivity index (χ4v) is 2.66. The monoisotopic (exact) mass is 282 g/mol. The SMILES string of the molecule is CCC1(C)C(=O)NC(CC(C)C)C(=O)N1CCC(C)C. The highest BCUT2D eigenvalue weighted by Gasteiger charge is 2.47. The van der Waals surface area contributed by atoms with E-state index in [0.29, 0.717) is 31.2 Å². The fraction of sp³-hybridized carbons (Fsp3) is 0.875. The van der Waals surface area contributed by atoms with Gasteiger partial charge in [-0.15, -0.1) is 0 Å². The van der Waals surface area contributed by atoms with Crippen molar-refractivity contribution in [3.05, 3.63) is 0 Å². The molecule has 2 atom stereocenters. The summed E-state index contributed by atoms with van der Waals surface area (Å²) < 4.78 is 0. The van der Waals surface area contributed by atoms with Crippen LogP contribution in [0, 0.1) is 11.8 Å². The molecule has 20 heavy (non-hydrogen) atoms. The van der Waals surface area contributed by atoms with Gasteiger partial charge < -0.3 is 10.2 Å². The van der Waals surface area contributed by atoms with Crippen LogP contribution < -0.4 is 5.32 Å². The molecule has 0 aliphatic carbocycles. The minimum Gasteiger partial charge on any atom is -0.342 e. The molecule has 0 aromatic carbocycles. The summed E-state index contributed by atoms with van der Waals surface area (Å²) in [5.41, 5.74) is -0.695. The van der Waals surface area contributed by atoms with E-state index in [1.54, 1.807) is 0 Å². The van der Waals surface area contributed by atoms with E-state index in [1.807, 2.05) is 18.7 Å². The summed E-state index contributed by atoms with van der Waals surface area (Å²) in [6.45, 7) is 13.0. The molecule has 0 radical (unpaired) electrons. The number of amides is 2. The number of rotatable bonds is 6. The molecule has 1 aliphatic rings. The van der Waals surface area contributed by atoms with Gasteiger partial charge in [-0.2, -0.15) is 0 Å². The Bertz CT molecular complexity index is 365. The van der Waals surface area contributed by atoms with Crippen LogP contribution in [0.15, 0.2) is 0 Å². The van der Waals surface area contributed by atoms with Crippen molar-refractivity contribution in [3.63, 3.8) is 0 Å². The molecule has 1 rings (SSSR count). The summed E-state index contributed by atoms with van der Waals surface area (Å²) in [5, 5.41) is 2.93. The lowest BCUT2D eigenvalue weighted by Crippen LogP contribution is -2.69. The van der Waals surface area contributed by atoms with Crippen LogP contribution in [0.25, 0.3) is 0 Å². The Morgan fingerprint density at radius 2 is 1.80 bits per heavy atom. The quantitative estimate of drug-likeness (QED) is 0.814. The Balaban J connectivity index is 2.95. The lowest BCUT2D eigenvalue weighted by Gasteiger charge is -2.46. The maximum atomic E-state index is 12.7. The van der Waals surface area contributed by atoms with Crippen LogP contribution in [0.1, 0.15) is 60.8 Å². The number of carbonyl (C=O) groups excluding carboxylic acids is 2. The first kappa shape index (κ1) is 17.0. The Hall–Kier alpha value is -1.06. The Kier molecular flexibility index (Phi) is 5.60. The van der Waals surface area contributed by atoms with E-state index >= 15 is 0 Å². The molecule has 0 bridgehead atoms. The first-order valence-electron chi connectivity index (χ1n) is 7.84. The molecule has 1 aliphatic heterocycles. The molecule has 2 unspecified atom stereocenters. The highest BCUT2D eigenvalue weighted by molar-refractivity contribution is 5.99. The molecular formula is C16H30N2O2. The zero-order valence-corrected chi connectivity index (χ0v) is 13.8. The topological polar surface area (TPSA) is 49.4 Å². The highest BCUT2D eigenvalue weighted by atomic mass is 16.2. The van der Waals surface area contributed by atoms with E-state index in [-0.39, 0.29) is 17.9 Å². The smallest absolute Gasteiger partial charge is 0.246 e. The van der Waals surface area contributed by atoms with Gasteiger partial charge in [-0.1, -0.05) is 34.6 Å². The van der Waals surface area contributed by atoms with E-state index in [0.717, 1.165) is 6.42 Å². The van der Waals surface area contributed by atoms with Crippen molar-refractivity contribution in [2.75, 3.05) is 6.54 Å². The largest absolute Gasteiger partial charge is 0.342 e. The van der Waals surface area contributed by atoms with Crippen molar-refractivity contribution in [2.24, 2.45) is 11.8 Å². The molecule has 4 nitrogen and oxygen atoms in total. The third-order valence-electron chi connectivity index (χ3n) is 4.28. The summed E-state index contributed by atoms with van der Waals surface area (Å²) in [6, 6.07) is -0.353. The lowest BCUT2D eigenvalue weighted by atomic mass is 9.88. The molecule has 4 heteroatoms. The number of carbonyl (C=O) groups is 2. The van der Waals surface area contributed by atoms with Crippen LogP contribution in [0.5, 0.6) is 0 Å². The van der Waals surface area contributed by atoms with Crippen molar-refractivity contribution in [1.29, 1.82) is 0 Å². The first-order valence-corrected chi connectivity index (χ1v) is 7.84. The molecule has 1 saturated heterocycles. The lowest BCUT2D eigenvalue weighted by molar-refractivity contribution is -0.157. The van der Waals surface area contributed by atoms with Gasteiger partial charge in [0.15, 0.2) is 0 Å². The van der Waals surface area contributed by atoms with Crippen LogP contribution >= 0.6 is 0 Å². The van der Waals surface area contributed by atoms with Gasteiger partial charge in [0.05, 0.1) is 0 Å². The zero-order chi connectivity index (χ0) is 15.5. The van der Waals surface area contributed by atoms with Gasteiger partial charge >= 0.3 is 0 Å². The van der Waals surface area contributed by atoms with E-state index in [9.17, 15) is 9.59 Å². The predicted molar refractivity (Wildman–Crippen MR) is 81.2 cm³/mol. The first-order chi connectivity index (χ1) is 9.22. The molecule has 116 valence electrons. The van der Waals surface area contributed by atoms with E-state index in [2.05, 4.69) is 33.0 Å². The van der Waals surface area contributed by atoms with Crippen molar-refractivity contribution in [1.82, 2.24) is 10.2 Å². The summed E-state index contributed by atoms with van der Waals surface area (Å²) in [4.78, 5) is 27.0. The van der Waals surface area contributed by atoms with Crippen molar-refractivity contribution >= 4 is 11.8 Å². The molecule has 0 spiro atoms. The third kappa shape index (κ3) is 3.53. The van der Waals surface area contributed by atoms with Crippen LogP contribution in [0.3, 0.4) is 0 Å².